The Morgan fingerprint density at radius 2 is 1.80 bits per heavy atom. The van der Waals surface area contributed by atoms with Crippen molar-refractivity contribution in [3.63, 3.8) is 0 Å². The molecule has 0 fully saturated rings. The van der Waals surface area contributed by atoms with Gasteiger partial charge in [-0.05, 0) is 18.2 Å². The Hall–Kier alpha value is -4.45. The lowest BCUT2D eigenvalue weighted by molar-refractivity contribution is -0.136. The van der Waals surface area contributed by atoms with E-state index in [4.69, 9.17) is 9.47 Å². The molecule has 184 valence electrons. The first kappa shape index (κ1) is 25.2. The Morgan fingerprint density at radius 1 is 1.11 bits per heavy atom. The molecule has 0 unspecified atom stereocenters. The number of esters is 2. The average Bonchev–Trinajstić information content (AvgIpc) is 3.17. The number of rotatable bonds is 10. The molecule has 0 aromatic heterocycles. The molecule has 1 aliphatic rings. The highest BCUT2D eigenvalue weighted by Crippen LogP contribution is 2.38. The molecule has 0 radical (unpaired) electrons. The maximum absolute atomic E-state index is 15.9. The predicted octanol–water partition coefficient (Wildman–Crippen LogP) is 1.60. The van der Waals surface area contributed by atoms with E-state index in [1.807, 2.05) is 0 Å². The van der Waals surface area contributed by atoms with Crippen molar-refractivity contribution in [2.45, 2.75) is 0 Å². The number of ether oxygens (including phenoxy) is 2. The molecule has 2 aromatic carbocycles. The zero-order chi connectivity index (χ0) is 25.5. The number of nitrogens with zero attached hydrogens (tertiary/aromatic N) is 1. The lowest BCUT2D eigenvalue weighted by atomic mass is 10.1. The van der Waals surface area contributed by atoms with Gasteiger partial charge in [0.25, 0.3) is 5.91 Å². The van der Waals surface area contributed by atoms with Crippen LogP contribution < -0.4 is 16.0 Å². The molecule has 35 heavy (non-hydrogen) atoms. The lowest BCUT2D eigenvalue weighted by Crippen LogP contribution is -2.31. The fourth-order valence-corrected chi connectivity index (χ4v) is 3.48. The molecule has 0 spiro atoms. The van der Waals surface area contributed by atoms with E-state index in [0.717, 1.165) is 14.2 Å². The van der Waals surface area contributed by atoms with E-state index in [1.165, 1.54) is 11.0 Å². The molecule has 1 aliphatic heterocycles. The summed E-state index contributed by atoms with van der Waals surface area (Å²) in [6.07, 6.45) is 0.259. The summed E-state index contributed by atoms with van der Waals surface area (Å²) in [5.41, 5.74) is -1.06. The number of para-hydroxylation sites is 1. The van der Waals surface area contributed by atoms with Crippen molar-refractivity contribution < 1.29 is 38.1 Å². The standard InChI is InChI=1S/C23H23FN4O7/c1-34-22(32)14-10-16(25-12-30)20(17(24)18(14)26-13-6-4-3-5-7-13)27-19-15(23(33)35-2)11-28(8-9-29)21(19)31/h3-7,10,12,26-27,29H,8-9,11H2,1-2H3,(H,25,30). The third kappa shape index (κ3) is 5.22. The van der Waals surface area contributed by atoms with Crippen LogP contribution in [-0.4, -0.2) is 68.2 Å². The Balaban J connectivity index is 2.18. The number of aliphatic hydroxyl groups is 1. The number of methoxy groups -OCH3 is 2. The van der Waals surface area contributed by atoms with Crippen LogP contribution in [0.4, 0.5) is 27.1 Å². The number of nitrogens with one attached hydrogen (secondary N) is 3. The molecule has 0 bridgehead atoms. The van der Waals surface area contributed by atoms with Crippen LogP contribution in [0.2, 0.25) is 0 Å². The minimum Gasteiger partial charge on any atom is -0.466 e. The smallest absolute Gasteiger partial charge is 0.340 e. The van der Waals surface area contributed by atoms with E-state index in [-0.39, 0.29) is 54.3 Å². The number of hydrogen-bond acceptors (Lipinski definition) is 9. The number of halogens is 1. The first-order valence-electron chi connectivity index (χ1n) is 10.3. The van der Waals surface area contributed by atoms with Gasteiger partial charge in [-0.1, -0.05) is 18.2 Å². The fraction of sp³-hybridized carbons (Fsp3) is 0.217. The first-order valence-corrected chi connectivity index (χ1v) is 10.3. The van der Waals surface area contributed by atoms with Crippen LogP contribution >= 0.6 is 0 Å². The molecule has 0 saturated heterocycles. The number of amides is 2. The second kappa shape index (κ2) is 11.1. The minimum absolute atomic E-state index is 0.0749. The molecule has 2 amide bonds. The number of hydrogen-bond donors (Lipinski definition) is 4. The van der Waals surface area contributed by atoms with Gasteiger partial charge >= 0.3 is 11.9 Å². The number of aliphatic hydroxyl groups excluding tert-OH is 1. The van der Waals surface area contributed by atoms with E-state index in [1.54, 1.807) is 30.3 Å². The van der Waals surface area contributed by atoms with Crippen molar-refractivity contribution in [3.8, 4) is 0 Å². The van der Waals surface area contributed by atoms with Gasteiger partial charge in [-0.2, -0.15) is 0 Å². The molecule has 0 atom stereocenters. The van der Waals surface area contributed by atoms with Gasteiger partial charge in [-0.3, -0.25) is 9.59 Å². The molecule has 4 N–H and O–H groups in total. The van der Waals surface area contributed by atoms with Gasteiger partial charge in [-0.25, -0.2) is 14.0 Å². The largest absolute Gasteiger partial charge is 0.466 e. The predicted molar refractivity (Wildman–Crippen MR) is 123 cm³/mol. The van der Waals surface area contributed by atoms with Crippen molar-refractivity contribution in [2.24, 2.45) is 0 Å². The van der Waals surface area contributed by atoms with Crippen LogP contribution in [0.1, 0.15) is 10.4 Å². The Kier molecular flexibility index (Phi) is 8.00. The van der Waals surface area contributed by atoms with Crippen LogP contribution in [-0.2, 0) is 23.9 Å². The van der Waals surface area contributed by atoms with E-state index >= 15 is 4.39 Å². The van der Waals surface area contributed by atoms with Crippen molar-refractivity contribution in [3.05, 3.63) is 59.0 Å². The summed E-state index contributed by atoms with van der Waals surface area (Å²) in [5, 5.41) is 16.9. The van der Waals surface area contributed by atoms with Crippen LogP contribution in [0.15, 0.2) is 47.7 Å². The maximum Gasteiger partial charge on any atom is 0.340 e. The van der Waals surface area contributed by atoms with Crippen LogP contribution in [0.25, 0.3) is 0 Å². The van der Waals surface area contributed by atoms with Gasteiger partial charge in [0.05, 0.1) is 49.9 Å². The highest BCUT2D eigenvalue weighted by molar-refractivity contribution is 6.10. The average molecular weight is 486 g/mol. The molecule has 12 heteroatoms. The number of benzene rings is 2. The summed E-state index contributed by atoms with van der Waals surface area (Å²) in [5.74, 6) is -3.44. The van der Waals surface area contributed by atoms with Crippen LogP contribution in [0.5, 0.6) is 0 Å². The third-order valence-electron chi connectivity index (χ3n) is 5.13. The van der Waals surface area contributed by atoms with Crippen molar-refractivity contribution in [1.29, 1.82) is 0 Å². The maximum atomic E-state index is 15.9. The monoisotopic (exact) mass is 486 g/mol. The quantitative estimate of drug-likeness (QED) is 0.290. The minimum atomic E-state index is -1.04. The third-order valence-corrected chi connectivity index (χ3v) is 5.13. The van der Waals surface area contributed by atoms with E-state index in [9.17, 15) is 24.3 Å². The highest BCUT2D eigenvalue weighted by Gasteiger charge is 2.36. The normalized spacial score (nSPS) is 12.9. The van der Waals surface area contributed by atoms with E-state index < -0.39 is 29.4 Å². The Labute approximate surface area is 199 Å². The van der Waals surface area contributed by atoms with Gasteiger partial charge in [-0.15, -0.1) is 0 Å². The summed E-state index contributed by atoms with van der Waals surface area (Å²) in [6.45, 7) is -0.616. The van der Waals surface area contributed by atoms with Crippen molar-refractivity contribution in [2.75, 3.05) is 49.9 Å². The van der Waals surface area contributed by atoms with E-state index in [2.05, 4.69) is 16.0 Å². The lowest BCUT2D eigenvalue weighted by Gasteiger charge is -2.20. The summed E-state index contributed by atoms with van der Waals surface area (Å²) >= 11 is 0. The van der Waals surface area contributed by atoms with Crippen molar-refractivity contribution >= 4 is 47.0 Å². The van der Waals surface area contributed by atoms with E-state index in [0.29, 0.717) is 5.69 Å². The summed E-state index contributed by atoms with van der Waals surface area (Å²) in [4.78, 5) is 50.0. The number of β-amino-alcohol motifs (C(OH)–C–C–N with tert-alkyl or cyclic N) is 1. The molecule has 0 saturated carbocycles. The number of carbonyl (C=O) groups excluding carboxylic acids is 4. The fourth-order valence-electron chi connectivity index (χ4n) is 3.48. The SMILES string of the molecule is COC(=O)C1=C(Nc2c(NC=O)cc(C(=O)OC)c(Nc3ccccc3)c2F)C(=O)N(CCO)C1. The second-order valence-electron chi connectivity index (χ2n) is 7.20. The Morgan fingerprint density at radius 3 is 2.40 bits per heavy atom. The van der Waals surface area contributed by atoms with Crippen LogP contribution in [0, 0.1) is 5.82 Å². The zero-order valence-corrected chi connectivity index (χ0v) is 18.9. The summed E-state index contributed by atoms with van der Waals surface area (Å²) < 4.78 is 25.4. The van der Waals surface area contributed by atoms with Gasteiger partial charge in [0.2, 0.25) is 6.41 Å². The van der Waals surface area contributed by atoms with Gasteiger partial charge in [0.15, 0.2) is 5.82 Å². The highest BCUT2D eigenvalue weighted by atomic mass is 19.1. The second-order valence-corrected chi connectivity index (χ2v) is 7.20. The van der Waals surface area contributed by atoms with Gasteiger partial charge in [0, 0.05) is 12.2 Å². The van der Waals surface area contributed by atoms with Gasteiger partial charge < -0.3 is 35.4 Å². The molecule has 1 heterocycles. The molecule has 0 aliphatic carbocycles. The first-order chi connectivity index (χ1) is 16.9. The zero-order valence-electron chi connectivity index (χ0n) is 18.9. The van der Waals surface area contributed by atoms with Crippen LogP contribution in [0.3, 0.4) is 0 Å². The molecular formula is C23H23FN4O7. The topological polar surface area (TPSA) is 146 Å². The molecular weight excluding hydrogens is 463 g/mol. The molecule has 11 nitrogen and oxygen atoms in total. The summed E-state index contributed by atoms with van der Waals surface area (Å²) in [7, 11) is 2.24. The Bertz CT molecular complexity index is 1180. The number of anilines is 4. The van der Waals surface area contributed by atoms with Crippen molar-refractivity contribution in [1.82, 2.24) is 4.90 Å². The molecule has 2 aromatic rings. The van der Waals surface area contributed by atoms with Gasteiger partial charge in [0.1, 0.15) is 11.4 Å². The summed E-state index contributed by atoms with van der Waals surface area (Å²) in [6, 6.07) is 9.57. The number of carbonyl (C=O) groups is 4. The molecule has 3 rings (SSSR count).